The predicted molar refractivity (Wildman–Crippen MR) is 132 cm³/mol. The van der Waals surface area contributed by atoms with Gasteiger partial charge in [0.25, 0.3) is 5.91 Å². The highest BCUT2D eigenvalue weighted by molar-refractivity contribution is 7.14. The predicted octanol–water partition coefficient (Wildman–Crippen LogP) is 3.88. The van der Waals surface area contributed by atoms with Crippen LogP contribution in [0, 0.1) is 5.92 Å². The molecule has 0 spiro atoms. The quantitative estimate of drug-likeness (QED) is 0.611. The van der Waals surface area contributed by atoms with Gasteiger partial charge in [0.1, 0.15) is 5.75 Å². The van der Waals surface area contributed by atoms with E-state index >= 15 is 0 Å². The number of hydrazine groups is 1. The molecule has 2 heterocycles. The Labute approximate surface area is 204 Å². The molecule has 0 radical (unpaired) electrons. The molecule has 1 aromatic heterocycles. The Bertz CT molecular complexity index is 958. The van der Waals surface area contributed by atoms with E-state index in [0.717, 1.165) is 18.6 Å². The van der Waals surface area contributed by atoms with Gasteiger partial charge in [-0.05, 0) is 62.3 Å². The van der Waals surface area contributed by atoms with Crippen molar-refractivity contribution in [2.45, 2.75) is 57.8 Å². The average molecular weight is 484 g/mol. The van der Waals surface area contributed by atoms with Crippen molar-refractivity contribution in [1.82, 2.24) is 15.8 Å². The van der Waals surface area contributed by atoms with E-state index in [1.54, 1.807) is 16.2 Å². The summed E-state index contributed by atoms with van der Waals surface area (Å²) >= 11 is 1.54. The maximum absolute atomic E-state index is 12.6. The van der Waals surface area contributed by atoms with E-state index in [4.69, 9.17) is 4.74 Å². The number of hydrogen-bond acceptors (Lipinski definition) is 5. The summed E-state index contributed by atoms with van der Waals surface area (Å²) in [5, 5.41) is 0. The van der Waals surface area contributed by atoms with Gasteiger partial charge in [0.15, 0.2) is 0 Å². The molecule has 0 atom stereocenters. The largest absolute Gasteiger partial charge is 0.493 e. The number of amides is 3. The van der Waals surface area contributed by atoms with Crippen LogP contribution in [-0.4, -0.2) is 42.3 Å². The summed E-state index contributed by atoms with van der Waals surface area (Å²) in [4.78, 5) is 41.4. The lowest BCUT2D eigenvalue weighted by Crippen LogP contribution is -2.48. The van der Waals surface area contributed by atoms with Crippen molar-refractivity contribution in [3.8, 4) is 5.75 Å². The fourth-order valence-electron chi connectivity index (χ4n) is 4.56. The fourth-order valence-corrected chi connectivity index (χ4v) is 5.71. The molecule has 0 saturated carbocycles. The second-order valence-electron chi connectivity index (χ2n) is 8.98. The number of para-hydroxylation sites is 1. The Morgan fingerprint density at radius 2 is 1.71 bits per heavy atom. The highest BCUT2D eigenvalue weighted by atomic mass is 32.1. The Hall–Kier alpha value is -2.87. The molecule has 2 aliphatic rings. The number of carbonyl (C=O) groups is 3. The lowest BCUT2D eigenvalue weighted by Gasteiger charge is -2.31. The Morgan fingerprint density at radius 3 is 2.47 bits per heavy atom. The molecule has 4 rings (SSSR count). The lowest BCUT2D eigenvalue weighted by atomic mass is 9.96. The molecule has 2 N–H and O–H groups in total. The molecular formula is C26H33N3O4S. The molecule has 182 valence electrons. The number of piperidine rings is 1. The summed E-state index contributed by atoms with van der Waals surface area (Å²) in [6.07, 6.45) is 8.39. The van der Waals surface area contributed by atoms with Crippen LogP contribution in [0.25, 0.3) is 0 Å². The first-order valence-corrected chi connectivity index (χ1v) is 13.1. The van der Waals surface area contributed by atoms with Crippen LogP contribution >= 0.6 is 11.3 Å². The topological polar surface area (TPSA) is 87.7 Å². The number of carbonyl (C=O) groups excluding carboxylic acids is 3. The van der Waals surface area contributed by atoms with Gasteiger partial charge in [-0.15, -0.1) is 11.3 Å². The van der Waals surface area contributed by atoms with Crippen molar-refractivity contribution in [2.24, 2.45) is 5.92 Å². The molecular weight excluding hydrogens is 450 g/mol. The molecule has 0 unspecified atom stereocenters. The first-order valence-electron chi connectivity index (χ1n) is 12.3. The van der Waals surface area contributed by atoms with Gasteiger partial charge < -0.3 is 9.64 Å². The molecule has 1 saturated heterocycles. The van der Waals surface area contributed by atoms with Crippen molar-refractivity contribution >= 4 is 29.1 Å². The molecule has 8 heteroatoms. The van der Waals surface area contributed by atoms with Crippen molar-refractivity contribution in [3.05, 3.63) is 51.7 Å². The first kappa shape index (κ1) is 24.3. The van der Waals surface area contributed by atoms with E-state index in [0.29, 0.717) is 43.8 Å². The molecule has 1 aliphatic carbocycles. The minimum Gasteiger partial charge on any atom is -0.493 e. The summed E-state index contributed by atoms with van der Waals surface area (Å²) in [7, 11) is 0. The third-order valence-corrected chi connectivity index (χ3v) is 7.80. The van der Waals surface area contributed by atoms with Crippen molar-refractivity contribution in [3.63, 3.8) is 0 Å². The number of nitrogens with zero attached hydrogens (tertiary/aromatic N) is 1. The van der Waals surface area contributed by atoms with E-state index < -0.39 is 0 Å². The minimum absolute atomic E-state index is 0.0383. The number of fused-ring (bicyclic) bond motifs is 1. The van der Waals surface area contributed by atoms with Crippen molar-refractivity contribution < 1.29 is 19.1 Å². The highest BCUT2D eigenvalue weighted by Crippen LogP contribution is 2.28. The van der Waals surface area contributed by atoms with E-state index in [9.17, 15) is 14.4 Å². The normalized spacial score (nSPS) is 16.6. The maximum atomic E-state index is 12.6. The number of benzene rings is 1. The zero-order valence-corrected chi connectivity index (χ0v) is 20.3. The van der Waals surface area contributed by atoms with Gasteiger partial charge in [-0.1, -0.05) is 31.0 Å². The molecule has 1 aromatic carbocycles. The zero-order chi connectivity index (χ0) is 23.8. The number of likely N-dealkylation sites (tertiary alicyclic amines) is 1. The molecule has 2 aromatic rings. The third-order valence-electron chi connectivity index (χ3n) is 6.57. The Morgan fingerprint density at radius 1 is 0.971 bits per heavy atom. The summed E-state index contributed by atoms with van der Waals surface area (Å²) < 4.78 is 5.61. The standard InChI is InChI=1S/C26H33N3O4S/c30-24(14-17-33-21-9-5-3-6-10-21)29-15-12-19(13-16-29)25(31)27-28-26(32)23-18-20-8-4-1-2-7-11-22(20)34-23/h3,5-6,9-10,18-19H,1-2,4,7-8,11-17H2,(H,27,31)(H,28,32). The van der Waals surface area contributed by atoms with Gasteiger partial charge in [0.05, 0.1) is 17.9 Å². The van der Waals surface area contributed by atoms with Crippen LogP contribution in [0.5, 0.6) is 5.75 Å². The van der Waals surface area contributed by atoms with E-state index in [1.807, 2.05) is 36.4 Å². The molecule has 0 bridgehead atoms. The molecule has 3 amide bonds. The molecule has 7 nitrogen and oxygen atoms in total. The van der Waals surface area contributed by atoms with E-state index in [1.165, 1.54) is 36.1 Å². The second kappa shape index (κ2) is 12.0. The smallest absolute Gasteiger partial charge is 0.279 e. The van der Waals surface area contributed by atoms with E-state index in [2.05, 4.69) is 10.9 Å². The number of nitrogens with one attached hydrogen (secondary N) is 2. The van der Waals surface area contributed by atoms with Crippen LogP contribution in [-0.2, 0) is 22.4 Å². The third kappa shape index (κ3) is 6.59. The van der Waals surface area contributed by atoms with Crippen LogP contribution in [0.3, 0.4) is 0 Å². The van der Waals surface area contributed by atoms with Crippen LogP contribution in [0.4, 0.5) is 0 Å². The number of rotatable bonds is 6. The first-order chi connectivity index (χ1) is 16.6. The van der Waals surface area contributed by atoms with Crippen LogP contribution in [0.1, 0.15) is 65.1 Å². The average Bonchev–Trinajstić information content (AvgIpc) is 3.25. The maximum Gasteiger partial charge on any atom is 0.279 e. The number of hydrogen-bond donors (Lipinski definition) is 2. The lowest BCUT2D eigenvalue weighted by molar-refractivity contribution is -0.136. The summed E-state index contributed by atoms with van der Waals surface area (Å²) in [6, 6.07) is 11.4. The van der Waals surface area contributed by atoms with Crippen LogP contribution in [0.2, 0.25) is 0 Å². The van der Waals surface area contributed by atoms with Gasteiger partial charge in [-0.25, -0.2) is 0 Å². The number of ether oxygens (including phenoxy) is 1. The molecule has 1 fully saturated rings. The van der Waals surface area contributed by atoms with Gasteiger partial charge in [0, 0.05) is 23.9 Å². The van der Waals surface area contributed by atoms with Crippen molar-refractivity contribution in [2.75, 3.05) is 19.7 Å². The SMILES string of the molecule is O=C(NNC(=O)C1CCN(C(=O)CCOc2ccccc2)CC1)c1cc2c(s1)CCCCCC2. The Kier molecular flexibility index (Phi) is 8.57. The van der Waals surface area contributed by atoms with Crippen LogP contribution < -0.4 is 15.6 Å². The van der Waals surface area contributed by atoms with E-state index in [-0.39, 0.29) is 23.6 Å². The summed E-state index contributed by atoms with van der Waals surface area (Å²) in [6.45, 7) is 1.41. The van der Waals surface area contributed by atoms with Gasteiger partial charge in [-0.3, -0.25) is 25.2 Å². The van der Waals surface area contributed by atoms with Crippen molar-refractivity contribution in [1.29, 1.82) is 0 Å². The van der Waals surface area contributed by atoms with Gasteiger partial charge in [-0.2, -0.15) is 0 Å². The van der Waals surface area contributed by atoms with Crippen LogP contribution in [0.15, 0.2) is 36.4 Å². The second-order valence-corrected chi connectivity index (χ2v) is 10.1. The van der Waals surface area contributed by atoms with Gasteiger partial charge in [0.2, 0.25) is 11.8 Å². The number of aryl methyl sites for hydroxylation is 2. The van der Waals surface area contributed by atoms with Gasteiger partial charge >= 0.3 is 0 Å². The summed E-state index contributed by atoms with van der Waals surface area (Å²) in [5.74, 6) is 0.130. The summed E-state index contributed by atoms with van der Waals surface area (Å²) in [5.41, 5.74) is 6.47. The minimum atomic E-state index is -0.254. The monoisotopic (exact) mass is 483 g/mol. The molecule has 34 heavy (non-hydrogen) atoms. The fraction of sp³-hybridized carbons (Fsp3) is 0.500. The highest BCUT2D eigenvalue weighted by Gasteiger charge is 2.27. The number of thiophene rings is 1. The zero-order valence-electron chi connectivity index (χ0n) is 19.5. The Balaban J connectivity index is 1.17. The molecule has 1 aliphatic heterocycles.